The molecule has 2 aromatic carbocycles. The Balaban J connectivity index is 1.45. The number of aromatic carboxylic acids is 1. The molecule has 2 heterocycles. The lowest BCUT2D eigenvalue weighted by molar-refractivity contribution is -0.119. The number of hydrogen-bond acceptors (Lipinski definition) is 6. The maximum Gasteiger partial charge on any atom is 0.335 e. The number of anilines is 2. The number of carbonyl (C=O) groups excluding carboxylic acids is 2. The van der Waals surface area contributed by atoms with Gasteiger partial charge in [0, 0.05) is 23.9 Å². The van der Waals surface area contributed by atoms with E-state index in [0.717, 1.165) is 0 Å². The van der Waals surface area contributed by atoms with E-state index in [-0.39, 0.29) is 23.7 Å². The molecule has 4 rings (SSSR count). The smallest absolute Gasteiger partial charge is 0.335 e. The number of nitrogens with one attached hydrogen (secondary N) is 1. The van der Waals surface area contributed by atoms with E-state index >= 15 is 0 Å². The first-order valence-corrected chi connectivity index (χ1v) is 10.1. The standard InChI is InChI=1S/C24H21N3O6/c1-14-20(23(29)27(26-14)17-7-3-5-15(11-17)24(30)31)13-19-9-10-21(33-19)22(28)25-16-6-4-8-18(12-16)32-2/h3-12,20H,13H2,1-2H3,(H,25,28)(H,30,31). The van der Waals surface area contributed by atoms with Gasteiger partial charge in [-0.05, 0) is 49.4 Å². The van der Waals surface area contributed by atoms with Crippen molar-refractivity contribution in [3.8, 4) is 5.75 Å². The molecule has 168 valence electrons. The Morgan fingerprint density at radius 1 is 1.15 bits per heavy atom. The number of benzene rings is 2. The number of hydrazone groups is 1. The lowest BCUT2D eigenvalue weighted by atomic mass is 9.99. The molecule has 0 saturated heterocycles. The second-order valence-electron chi connectivity index (χ2n) is 7.46. The van der Waals surface area contributed by atoms with Crippen molar-refractivity contribution in [3.63, 3.8) is 0 Å². The molecule has 0 fully saturated rings. The van der Waals surface area contributed by atoms with Crippen LogP contribution in [0.25, 0.3) is 0 Å². The zero-order valence-electron chi connectivity index (χ0n) is 17.9. The Labute approximate surface area is 189 Å². The largest absolute Gasteiger partial charge is 0.497 e. The van der Waals surface area contributed by atoms with E-state index in [1.807, 2.05) is 0 Å². The van der Waals surface area contributed by atoms with Gasteiger partial charge in [-0.2, -0.15) is 5.10 Å². The van der Waals surface area contributed by atoms with Gasteiger partial charge >= 0.3 is 5.97 Å². The number of carboxylic acids is 1. The minimum Gasteiger partial charge on any atom is -0.497 e. The van der Waals surface area contributed by atoms with Crippen molar-refractivity contribution in [3.05, 3.63) is 77.7 Å². The average molecular weight is 447 g/mol. The van der Waals surface area contributed by atoms with Crippen LogP contribution in [0.1, 0.15) is 33.6 Å². The molecule has 0 saturated carbocycles. The maximum absolute atomic E-state index is 13.0. The van der Waals surface area contributed by atoms with Crippen LogP contribution in [-0.2, 0) is 11.2 Å². The summed E-state index contributed by atoms with van der Waals surface area (Å²) >= 11 is 0. The van der Waals surface area contributed by atoms with E-state index in [1.165, 1.54) is 17.1 Å². The van der Waals surface area contributed by atoms with Crippen LogP contribution in [0, 0.1) is 5.92 Å². The van der Waals surface area contributed by atoms with Crippen molar-refractivity contribution in [1.82, 2.24) is 0 Å². The molecule has 2 amide bonds. The van der Waals surface area contributed by atoms with Crippen molar-refractivity contribution in [2.75, 3.05) is 17.4 Å². The SMILES string of the molecule is COc1cccc(NC(=O)c2ccc(CC3C(=O)N(c4cccc(C(=O)O)c4)N=C3C)o2)c1. The van der Waals surface area contributed by atoms with Gasteiger partial charge in [0.25, 0.3) is 11.8 Å². The normalized spacial score (nSPS) is 15.3. The molecule has 9 nitrogen and oxygen atoms in total. The van der Waals surface area contributed by atoms with Crippen LogP contribution in [0.3, 0.4) is 0 Å². The Kier molecular flexibility index (Phi) is 5.95. The number of hydrogen-bond donors (Lipinski definition) is 2. The number of amides is 2. The van der Waals surface area contributed by atoms with Crippen LogP contribution < -0.4 is 15.1 Å². The van der Waals surface area contributed by atoms with Crippen molar-refractivity contribution < 1.29 is 28.6 Å². The highest BCUT2D eigenvalue weighted by Gasteiger charge is 2.35. The van der Waals surface area contributed by atoms with Gasteiger partial charge < -0.3 is 19.6 Å². The van der Waals surface area contributed by atoms with Gasteiger partial charge in [-0.25, -0.2) is 9.80 Å². The first-order chi connectivity index (χ1) is 15.9. The van der Waals surface area contributed by atoms with E-state index in [1.54, 1.807) is 62.6 Å². The van der Waals surface area contributed by atoms with Crippen LogP contribution in [-0.4, -0.2) is 35.7 Å². The number of carbonyl (C=O) groups is 3. The molecule has 1 atom stereocenters. The van der Waals surface area contributed by atoms with Gasteiger partial charge in [-0.3, -0.25) is 9.59 Å². The molecule has 2 N–H and O–H groups in total. The topological polar surface area (TPSA) is 121 Å². The molecule has 3 aromatic rings. The fraction of sp³-hybridized carbons (Fsp3) is 0.167. The molecule has 0 spiro atoms. The van der Waals surface area contributed by atoms with Gasteiger partial charge in [0.1, 0.15) is 11.5 Å². The second kappa shape index (κ2) is 8.99. The van der Waals surface area contributed by atoms with Crippen LogP contribution in [0.2, 0.25) is 0 Å². The molecule has 0 aliphatic carbocycles. The van der Waals surface area contributed by atoms with E-state index < -0.39 is 17.8 Å². The number of rotatable bonds is 7. The average Bonchev–Trinajstić information content (AvgIpc) is 3.39. The van der Waals surface area contributed by atoms with Crippen LogP contribution in [0.5, 0.6) is 5.75 Å². The van der Waals surface area contributed by atoms with Gasteiger partial charge in [-0.1, -0.05) is 12.1 Å². The van der Waals surface area contributed by atoms with E-state index in [9.17, 15) is 19.5 Å². The van der Waals surface area contributed by atoms with Crippen LogP contribution >= 0.6 is 0 Å². The molecule has 1 aliphatic rings. The number of carboxylic acid groups (broad SMARTS) is 1. The first kappa shape index (κ1) is 21.8. The number of nitrogens with zero attached hydrogens (tertiary/aromatic N) is 2. The lowest BCUT2D eigenvalue weighted by Gasteiger charge is -2.14. The molecular formula is C24H21N3O6. The Bertz CT molecular complexity index is 1260. The molecule has 0 bridgehead atoms. The number of furan rings is 1. The fourth-order valence-corrected chi connectivity index (χ4v) is 3.50. The van der Waals surface area contributed by atoms with E-state index in [0.29, 0.717) is 28.6 Å². The molecule has 1 unspecified atom stereocenters. The molecule has 0 radical (unpaired) electrons. The summed E-state index contributed by atoms with van der Waals surface area (Å²) in [6.07, 6.45) is 0.218. The zero-order chi connectivity index (χ0) is 23.5. The minimum absolute atomic E-state index is 0.0642. The van der Waals surface area contributed by atoms with Gasteiger partial charge in [0.2, 0.25) is 0 Å². The summed E-state index contributed by atoms with van der Waals surface area (Å²) in [4.78, 5) is 36.7. The lowest BCUT2D eigenvalue weighted by Crippen LogP contribution is -2.28. The van der Waals surface area contributed by atoms with Gasteiger partial charge in [-0.15, -0.1) is 0 Å². The third-order valence-corrected chi connectivity index (χ3v) is 5.22. The molecule has 1 aliphatic heterocycles. The monoisotopic (exact) mass is 447 g/mol. The summed E-state index contributed by atoms with van der Waals surface area (Å²) in [6, 6.07) is 16.2. The summed E-state index contributed by atoms with van der Waals surface area (Å²) in [5.74, 6) is -1.21. The Morgan fingerprint density at radius 3 is 2.70 bits per heavy atom. The molecular weight excluding hydrogens is 426 g/mol. The van der Waals surface area contributed by atoms with Crippen LogP contribution in [0.4, 0.5) is 11.4 Å². The Morgan fingerprint density at radius 2 is 1.94 bits per heavy atom. The highest BCUT2D eigenvalue weighted by Crippen LogP contribution is 2.27. The minimum atomic E-state index is -1.09. The fourth-order valence-electron chi connectivity index (χ4n) is 3.50. The summed E-state index contributed by atoms with van der Waals surface area (Å²) in [7, 11) is 1.54. The Hall–Kier alpha value is -4.40. The summed E-state index contributed by atoms with van der Waals surface area (Å²) in [6.45, 7) is 1.73. The van der Waals surface area contributed by atoms with Gasteiger partial charge in [0.05, 0.1) is 24.3 Å². The third-order valence-electron chi connectivity index (χ3n) is 5.22. The first-order valence-electron chi connectivity index (χ1n) is 10.1. The van der Waals surface area contributed by atoms with E-state index in [2.05, 4.69) is 10.4 Å². The van der Waals surface area contributed by atoms with Crippen molar-refractivity contribution in [2.24, 2.45) is 11.0 Å². The summed E-state index contributed by atoms with van der Waals surface area (Å²) < 4.78 is 10.8. The molecule has 1 aromatic heterocycles. The zero-order valence-corrected chi connectivity index (χ0v) is 17.9. The van der Waals surface area contributed by atoms with Crippen molar-refractivity contribution in [2.45, 2.75) is 13.3 Å². The predicted molar refractivity (Wildman–Crippen MR) is 121 cm³/mol. The number of ether oxygens (including phenoxy) is 1. The molecule has 33 heavy (non-hydrogen) atoms. The quantitative estimate of drug-likeness (QED) is 0.568. The number of methoxy groups -OCH3 is 1. The maximum atomic E-state index is 13.0. The second-order valence-corrected chi connectivity index (χ2v) is 7.46. The van der Waals surface area contributed by atoms with Crippen molar-refractivity contribution >= 4 is 34.9 Å². The van der Waals surface area contributed by atoms with Crippen molar-refractivity contribution in [1.29, 1.82) is 0 Å². The van der Waals surface area contributed by atoms with Crippen LogP contribution in [0.15, 0.2) is 70.2 Å². The summed E-state index contributed by atoms with van der Waals surface area (Å²) in [5, 5.41) is 17.4. The highest BCUT2D eigenvalue weighted by molar-refractivity contribution is 6.15. The van der Waals surface area contributed by atoms with Gasteiger partial charge in [0.15, 0.2) is 5.76 Å². The van der Waals surface area contributed by atoms with E-state index in [4.69, 9.17) is 9.15 Å². The molecule has 9 heteroatoms. The predicted octanol–water partition coefficient (Wildman–Crippen LogP) is 3.82. The highest BCUT2D eigenvalue weighted by atomic mass is 16.5. The third kappa shape index (κ3) is 4.62. The summed E-state index contributed by atoms with van der Waals surface area (Å²) in [5.41, 5.74) is 1.57.